The molecule has 0 fully saturated rings. The topological polar surface area (TPSA) is 53.8 Å². The minimum Gasteiger partial charge on any atom is -0.282 e. The fourth-order valence-electron chi connectivity index (χ4n) is 2.97. The summed E-state index contributed by atoms with van der Waals surface area (Å²) in [6, 6.07) is 1.70. The van der Waals surface area contributed by atoms with Crippen LogP contribution in [-0.4, -0.2) is 10.8 Å². The Balaban J connectivity index is 2.92. The summed E-state index contributed by atoms with van der Waals surface area (Å²) < 4.78 is 0. The zero-order valence-electron chi connectivity index (χ0n) is 13.3. The lowest BCUT2D eigenvalue weighted by Crippen LogP contribution is -2.06. The monoisotopic (exact) mass is 280 g/mol. The summed E-state index contributed by atoms with van der Waals surface area (Å²) in [5.41, 5.74) is 6.85. The first-order valence-electron chi connectivity index (χ1n) is 7.22. The highest BCUT2D eigenvalue weighted by Crippen LogP contribution is 2.33. The number of Topliss-reactive ketones (excluding diaryl/α,β-unsaturated/α-hetero) is 1. The van der Waals surface area contributed by atoms with E-state index in [1.807, 2.05) is 0 Å². The lowest BCUT2D eigenvalue weighted by atomic mass is 9.88. The summed E-state index contributed by atoms with van der Waals surface area (Å²) >= 11 is 0. The Morgan fingerprint density at radius 3 is 2.19 bits per heavy atom. The SMILES string of the molecule is CCc1ncc(CC(=O)C#N)c2c(C)c(C)c(C)c(C)c12. The molecule has 0 bridgehead atoms. The molecule has 0 N–H and O–H groups in total. The molecule has 0 aliphatic carbocycles. The van der Waals surface area contributed by atoms with Crippen LogP contribution in [0.2, 0.25) is 0 Å². The molecule has 0 radical (unpaired) electrons. The fourth-order valence-corrected chi connectivity index (χ4v) is 2.97. The molecule has 0 aliphatic rings. The molecule has 0 saturated carbocycles. The lowest BCUT2D eigenvalue weighted by Gasteiger charge is -2.18. The number of benzene rings is 1. The van der Waals surface area contributed by atoms with E-state index in [9.17, 15) is 4.79 Å². The maximum Gasteiger partial charge on any atom is 0.236 e. The smallest absolute Gasteiger partial charge is 0.236 e. The first kappa shape index (κ1) is 15.2. The highest BCUT2D eigenvalue weighted by atomic mass is 16.1. The van der Waals surface area contributed by atoms with Gasteiger partial charge in [-0.3, -0.25) is 9.78 Å². The molecular formula is C18H20N2O. The molecule has 0 saturated heterocycles. The Labute approximate surface area is 125 Å². The van der Waals surface area contributed by atoms with Gasteiger partial charge >= 0.3 is 0 Å². The molecule has 0 unspecified atom stereocenters. The third-order valence-electron chi connectivity index (χ3n) is 4.48. The number of ketones is 1. The third kappa shape index (κ3) is 2.42. The van der Waals surface area contributed by atoms with Crippen LogP contribution in [0.15, 0.2) is 6.20 Å². The average Bonchev–Trinajstić information content (AvgIpc) is 2.50. The summed E-state index contributed by atoms with van der Waals surface area (Å²) in [5.74, 6) is -0.419. The van der Waals surface area contributed by atoms with Crippen LogP contribution < -0.4 is 0 Å². The number of rotatable bonds is 3. The fraction of sp³-hybridized carbons (Fsp3) is 0.389. The van der Waals surface area contributed by atoms with Crippen molar-refractivity contribution in [3.8, 4) is 6.07 Å². The van der Waals surface area contributed by atoms with Gasteiger partial charge in [-0.2, -0.15) is 5.26 Å². The van der Waals surface area contributed by atoms with E-state index >= 15 is 0 Å². The predicted octanol–water partition coefficient (Wildman–Crippen LogP) is 3.67. The number of aromatic nitrogens is 1. The number of fused-ring (bicyclic) bond motifs is 1. The van der Waals surface area contributed by atoms with Crippen LogP contribution in [0.4, 0.5) is 0 Å². The highest BCUT2D eigenvalue weighted by molar-refractivity contribution is 6.00. The van der Waals surface area contributed by atoms with Crippen molar-refractivity contribution in [1.29, 1.82) is 5.26 Å². The number of hydrogen-bond acceptors (Lipinski definition) is 3. The zero-order valence-corrected chi connectivity index (χ0v) is 13.3. The van der Waals surface area contributed by atoms with Crippen LogP contribution in [0, 0.1) is 39.0 Å². The van der Waals surface area contributed by atoms with E-state index in [1.165, 1.54) is 22.3 Å². The van der Waals surface area contributed by atoms with Gasteiger partial charge in [0, 0.05) is 23.7 Å². The number of pyridine rings is 1. The second kappa shape index (κ2) is 5.65. The minimum absolute atomic E-state index is 0.132. The van der Waals surface area contributed by atoms with E-state index in [1.54, 1.807) is 12.3 Å². The van der Waals surface area contributed by atoms with Gasteiger partial charge in [0.1, 0.15) is 6.07 Å². The lowest BCUT2D eigenvalue weighted by molar-refractivity contribution is -0.113. The minimum atomic E-state index is -0.419. The number of hydrogen-bond donors (Lipinski definition) is 0. The molecule has 0 spiro atoms. The van der Waals surface area contributed by atoms with Crippen LogP contribution >= 0.6 is 0 Å². The van der Waals surface area contributed by atoms with E-state index in [0.29, 0.717) is 0 Å². The molecule has 2 rings (SSSR count). The van der Waals surface area contributed by atoms with Crippen LogP contribution in [0.25, 0.3) is 10.8 Å². The first-order valence-corrected chi connectivity index (χ1v) is 7.22. The van der Waals surface area contributed by atoms with Crippen LogP contribution in [0.5, 0.6) is 0 Å². The molecule has 3 nitrogen and oxygen atoms in total. The summed E-state index contributed by atoms with van der Waals surface area (Å²) in [7, 11) is 0. The van der Waals surface area contributed by atoms with Gasteiger partial charge in [0.15, 0.2) is 0 Å². The van der Waals surface area contributed by atoms with E-state index in [2.05, 4.69) is 39.6 Å². The second-order valence-corrected chi connectivity index (χ2v) is 5.55. The van der Waals surface area contributed by atoms with Crippen molar-refractivity contribution in [1.82, 2.24) is 4.98 Å². The van der Waals surface area contributed by atoms with Gasteiger partial charge in [-0.15, -0.1) is 0 Å². The quantitative estimate of drug-likeness (QED) is 0.806. The standard InChI is InChI=1S/C18H20N2O/c1-6-16-18-13(5)11(3)10(2)12(4)17(18)14(9-20-16)7-15(21)8-19/h9H,6-7H2,1-5H3. The van der Waals surface area contributed by atoms with Gasteiger partial charge in [-0.1, -0.05) is 6.92 Å². The molecule has 0 aliphatic heterocycles. The number of carbonyl (C=O) groups excluding carboxylic acids is 1. The highest BCUT2D eigenvalue weighted by Gasteiger charge is 2.17. The molecule has 2 aromatic rings. The van der Waals surface area contributed by atoms with E-state index < -0.39 is 5.78 Å². The van der Waals surface area contributed by atoms with Gasteiger partial charge in [-0.05, 0) is 67.3 Å². The number of carbonyl (C=O) groups is 1. The molecule has 1 heterocycles. The summed E-state index contributed by atoms with van der Waals surface area (Å²) in [6.07, 6.45) is 2.75. The van der Waals surface area contributed by atoms with Gasteiger partial charge in [0.05, 0.1) is 0 Å². The molecular weight excluding hydrogens is 260 g/mol. The maximum absolute atomic E-state index is 11.5. The van der Waals surface area contributed by atoms with E-state index in [4.69, 9.17) is 5.26 Å². The third-order valence-corrected chi connectivity index (χ3v) is 4.48. The molecule has 0 amide bonds. The Morgan fingerprint density at radius 2 is 1.67 bits per heavy atom. The molecule has 21 heavy (non-hydrogen) atoms. The summed E-state index contributed by atoms with van der Waals surface area (Å²) in [4.78, 5) is 16.1. The van der Waals surface area contributed by atoms with Crippen molar-refractivity contribution in [2.45, 2.75) is 47.5 Å². The summed E-state index contributed by atoms with van der Waals surface area (Å²) in [6.45, 7) is 10.5. The van der Waals surface area contributed by atoms with Gasteiger partial charge in [0.25, 0.3) is 0 Å². The normalized spacial score (nSPS) is 10.7. The predicted molar refractivity (Wildman–Crippen MR) is 84.4 cm³/mol. The first-order chi connectivity index (χ1) is 9.92. The van der Waals surface area contributed by atoms with Crippen molar-refractivity contribution in [3.05, 3.63) is 39.7 Å². The maximum atomic E-state index is 11.5. The molecule has 108 valence electrons. The van der Waals surface area contributed by atoms with Gasteiger partial charge < -0.3 is 0 Å². The molecule has 1 aromatic carbocycles. The number of aryl methyl sites for hydroxylation is 3. The van der Waals surface area contributed by atoms with Gasteiger partial charge in [-0.25, -0.2) is 0 Å². The van der Waals surface area contributed by atoms with Crippen molar-refractivity contribution in [2.24, 2.45) is 0 Å². The van der Waals surface area contributed by atoms with Crippen molar-refractivity contribution >= 4 is 16.6 Å². The van der Waals surface area contributed by atoms with E-state index in [0.717, 1.165) is 28.5 Å². The van der Waals surface area contributed by atoms with Crippen LogP contribution in [0.1, 0.15) is 40.4 Å². The van der Waals surface area contributed by atoms with E-state index in [-0.39, 0.29) is 6.42 Å². The second-order valence-electron chi connectivity index (χ2n) is 5.55. The van der Waals surface area contributed by atoms with Crippen LogP contribution in [-0.2, 0) is 17.6 Å². The van der Waals surface area contributed by atoms with Crippen molar-refractivity contribution < 1.29 is 4.79 Å². The average molecular weight is 280 g/mol. The molecule has 0 atom stereocenters. The largest absolute Gasteiger partial charge is 0.282 e. The Morgan fingerprint density at radius 1 is 1.10 bits per heavy atom. The van der Waals surface area contributed by atoms with Crippen LogP contribution in [0.3, 0.4) is 0 Å². The van der Waals surface area contributed by atoms with Crippen molar-refractivity contribution in [3.63, 3.8) is 0 Å². The van der Waals surface area contributed by atoms with Gasteiger partial charge in [0.2, 0.25) is 5.78 Å². The zero-order chi connectivity index (χ0) is 15.7. The number of nitrogens with zero attached hydrogens (tertiary/aromatic N) is 2. The van der Waals surface area contributed by atoms with Crippen molar-refractivity contribution in [2.75, 3.05) is 0 Å². The Hall–Kier alpha value is -2.21. The number of nitriles is 1. The Kier molecular flexibility index (Phi) is 4.09. The summed E-state index contributed by atoms with van der Waals surface area (Å²) in [5, 5.41) is 11.0. The Bertz CT molecular complexity index is 782. The molecule has 3 heteroatoms. The molecule has 1 aromatic heterocycles.